The van der Waals surface area contributed by atoms with Gasteiger partial charge in [-0.15, -0.1) is 0 Å². The summed E-state index contributed by atoms with van der Waals surface area (Å²) in [4.78, 5) is 18.2. The molecule has 2 rings (SSSR count). The molecule has 2 aromatic heterocycles. The smallest absolute Gasteiger partial charge is 0.229 e. The fraction of sp³-hybridized carbons (Fsp3) is 0.471. The maximum absolute atomic E-state index is 13.4. The van der Waals surface area contributed by atoms with E-state index in [0.717, 1.165) is 24.0 Å². The third-order valence-electron chi connectivity index (χ3n) is 3.97. The Morgan fingerprint density at radius 1 is 1.35 bits per heavy atom. The van der Waals surface area contributed by atoms with Crippen molar-refractivity contribution >= 4 is 11.6 Å². The first kappa shape index (κ1) is 17.1. The molecule has 6 heteroatoms. The summed E-state index contributed by atoms with van der Waals surface area (Å²) in [6, 6.07) is 1.37. The largest absolute Gasteiger partial charge is 0.309 e. The number of hydrogen-bond acceptors (Lipinski definition) is 3. The Kier molecular flexibility index (Phi) is 5.47. The van der Waals surface area contributed by atoms with Crippen LogP contribution in [0, 0.1) is 11.7 Å². The van der Waals surface area contributed by atoms with Crippen molar-refractivity contribution in [3.05, 3.63) is 36.2 Å². The van der Waals surface area contributed by atoms with Gasteiger partial charge in [0.15, 0.2) is 0 Å². The molecule has 0 aliphatic carbocycles. The zero-order chi connectivity index (χ0) is 17.0. The van der Waals surface area contributed by atoms with E-state index in [4.69, 9.17) is 0 Å². The summed E-state index contributed by atoms with van der Waals surface area (Å²) >= 11 is 0. The van der Waals surface area contributed by atoms with E-state index in [2.05, 4.69) is 10.1 Å². The van der Waals surface area contributed by atoms with Crippen molar-refractivity contribution in [2.24, 2.45) is 5.92 Å². The highest BCUT2D eigenvalue weighted by Gasteiger charge is 2.23. The Balaban J connectivity index is 2.44. The van der Waals surface area contributed by atoms with Crippen LogP contribution in [0.15, 0.2) is 24.7 Å². The minimum atomic E-state index is -0.416. The first-order chi connectivity index (χ1) is 11.0. The third-order valence-corrected chi connectivity index (χ3v) is 3.97. The fourth-order valence-corrected chi connectivity index (χ4v) is 2.42. The van der Waals surface area contributed by atoms with Gasteiger partial charge < -0.3 is 4.90 Å². The Morgan fingerprint density at radius 3 is 2.65 bits per heavy atom. The van der Waals surface area contributed by atoms with Gasteiger partial charge in [0, 0.05) is 18.5 Å². The Morgan fingerprint density at radius 2 is 2.09 bits per heavy atom. The van der Waals surface area contributed by atoms with Crippen molar-refractivity contribution in [3.63, 3.8) is 0 Å². The number of carbonyl (C=O) groups excluding carboxylic acids is 1. The second kappa shape index (κ2) is 7.35. The SMILES string of the molecule is CCc1nn(-c2cncc(F)c2)cc1N(CC)C(=O)C(C)CC. The molecule has 124 valence electrons. The molecule has 0 N–H and O–H groups in total. The second-order valence-electron chi connectivity index (χ2n) is 5.51. The van der Waals surface area contributed by atoms with Crippen LogP contribution in [0.1, 0.15) is 39.8 Å². The molecule has 0 saturated carbocycles. The standard InChI is InChI=1S/C17H23FN4O/c1-5-12(4)17(23)21(7-3)16-11-22(20-15(16)6-2)14-8-13(18)9-19-10-14/h8-12H,5-7H2,1-4H3. The summed E-state index contributed by atoms with van der Waals surface area (Å²) in [7, 11) is 0. The zero-order valence-corrected chi connectivity index (χ0v) is 14.1. The molecule has 0 aliphatic heterocycles. The molecule has 1 unspecified atom stereocenters. The predicted molar refractivity (Wildman–Crippen MR) is 88.2 cm³/mol. The van der Waals surface area contributed by atoms with Crippen LogP contribution in [0.5, 0.6) is 0 Å². The number of carbonyl (C=O) groups is 1. The lowest BCUT2D eigenvalue weighted by molar-refractivity contribution is -0.121. The van der Waals surface area contributed by atoms with Gasteiger partial charge in [-0.1, -0.05) is 20.8 Å². The molecule has 1 amide bonds. The minimum absolute atomic E-state index is 0.0427. The molecular weight excluding hydrogens is 295 g/mol. The quantitative estimate of drug-likeness (QED) is 0.820. The first-order valence-corrected chi connectivity index (χ1v) is 8.02. The Hall–Kier alpha value is -2.24. The molecule has 0 bridgehead atoms. The number of aryl methyl sites for hydroxylation is 1. The molecule has 2 heterocycles. The number of amides is 1. The van der Waals surface area contributed by atoms with E-state index in [0.29, 0.717) is 18.7 Å². The number of halogens is 1. The van der Waals surface area contributed by atoms with Gasteiger partial charge in [0.2, 0.25) is 5.91 Å². The monoisotopic (exact) mass is 318 g/mol. The average molecular weight is 318 g/mol. The lowest BCUT2D eigenvalue weighted by Crippen LogP contribution is -2.35. The van der Waals surface area contributed by atoms with Gasteiger partial charge in [-0.05, 0) is 19.8 Å². The summed E-state index contributed by atoms with van der Waals surface area (Å²) in [5, 5.41) is 4.49. The number of hydrogen-bond donors (Lipinski definition) is 0. The summed E-state index contributed by atoms with van der Waals surface area (Å²) in [5.41, 5.74) is 2.13. The summed E-state index contributed by atoms with van der Waals surface area (Å²) in [6.07, 6.45) is 5.96. The number of aromatic nitrogens is 3. The molecule has 23 heavy (non-hydrogen) atoms. The summed E-state index contributed by atoms with van der Waals surface area (Å²) in [5.74, 6) is -0.374. The summed E-state index contributed by atoms with van der Waals surface area (Å²) < 4.78 is 15.0. The van der Waals surface area contributed by atoms with Gasteiger partial charge in [-0.3, -0.25) is 9.78 Å². The van der Waals surface area contributed by atoms with Crippen LogP contribution in [-0.4, -0.2) is 27.2 Å². The van der Waals surface area contributed by atoms with Gasteiger partial charge in [-0.2, -0.15) is 5.10 Å². The van der Waals surface area contributed by atoms with Crippen molar-refractivity contribution in [1.29, 1.82) is 0 Å². The van der Waals surface area contributed by atoms with Crippen molar-refractivity contribution in [3.8, 4) is 5.69 Å². The van der Waals surface area contributed by atoms with Gasteiger partial charge in [0.25, 0.3) is 0 Å². The van der Waals surface area contributed by atoms with Crippen molar-refractivity contribution in [1.82, 2.24) is 14.8 Å². The van der Waals surface area contributed by atoms with E-state index >= 15 is 0 Å². The van der Waals surface area contributed by atoms with Gasteiger partial charge in [0.05, 0.1) is 35.7 Å². The molecule has 0 fully saturated rings. The molecule has 0 aliphatic rings. The van der Waals surface area contributed by atoms with Crippen LogP contribution < -0.4 is 4.90 Å². The molecule has 0 spiro atoms. The number of rotatable bonds is 6. The van der Waals surface area contributed by atoms with Crippen molar-refractivity contribution < 1.29 is 9.18 Å². The topological polar surface area (TPSA) is 51.0 Å². The molecule has 1 atom stereocenters. The maximum atomic E-state index is 13.4. The summed E-state index contributed by atoms with van der Waals surface area (Å²) in [6.45, 7) is 8.43. The van der Waals surface area contributed by atoms with Gasteiger partial charge in [-0.25, -0.2) is 9.07 Å². The Bertz CT molecular complexity index is 683. The predicted octanol–water partition coefficient (Wildman–Crippen LogP) is 3.37. The van der Waals surface area contributed by atoms with E-state index in [-0.39, 0.29) is 11.8 Å². The molecule has 2 aromatic rings. The van der Waals surface area contributed by atoms with E-state index in [1.54, 1.807) is 22.0 Å². The van der Waals surface area contributed by atoms with E-state index in [9.17, 15) is 9.18 Å². The molecular formula is C17H23FN4O. The van der Waals surface area contributed by atoms with Crippen molar-refractivity contribution in [2.45, 2.75) is 40.5 Å². The van der Waals surface area contributed by atoms with Crippen LogP contribution in [0.2, 0.25) is 0 Å². The normalized spacial score (nSPS) is 12.2. The van der Waals surface area contributed by atoms with E-state index < -0.39 is 5.82 Å². The highest BCUT2D eigenvalue weighted by molar-refractivity contribution is 5.95. The second-order valence-corrected chi connectivity index (χ2v) is 5.51. The number of pyridine rings is 1. The lowest BCUT2D eigenvalue weighted by atomic mass is 10.1. The lowest BCUT2D eigenvalue weighted by Gasteiger charge is -2.23. The maximum Gasteiger partial charge on any atom is 0.229 e. The van der Waals surface area contributed by atoms with Crippen LogP contribution >= 0.6 is 0 Å². The van der Waals surface area contributed by atoms with E-state index in [1.807, 2.05) is 27.7 Å². The van der Waals surface area contributed by atoms with Crippen LogP contribution in [0.4, 0.5) is 10.1 Å². The molecule has 0 radical (unpaired) electrons. The molecule has 5 nitrogen and oxygen atoms in total. The fourth-order valence-electron chi connectivity index (χ4n) is 2.42. The highest BCUT2D eigenvalue weighted by Crippen LogP contribution is 2.24. The van der Waals surface area contributed by atoms with Crippen LogP contribution in [0.3, 0.4) is 0 Å². The zero-order valence-electron chi connectivity index (χ0n) is 14.1. The van der Waals surface area contributed by atoms with Gasteiger partial charge in [0.1, 0.15) is 5.82 Å². The number of nitrogens with zero attached hydrogens (tertiary/aromatic N) is 4. The van der Waals surface area contributed by atoms with Gasteiger partial charge >= 0.3 is 0 Å². The number of anilines is 1. The van der Waals surface area contributed by atoms with Crippen LogP contribution in [0.25, 0.3) is 5.69 Å². The molecule has 0 aromatic carbocycles. The molecule has 0 saturated heterocycles. The van der Waals surface area contributed by atoms with Crippen LogP contribution in [-0.2, 0) is 11.2 Å². The Labute approximate surface area is 136 Å². The highest BCUT2D eigenvalue weighted by atomic mass is 19.1. The van der Waals surface area contributed by atoms with Crippen molar-refractivity contribution in [2.75, 3.05) is 11.4 Å². The first-order valence-electron chi connectivity index (χ1n) is 8.02. The minimum Gasteiger partial charge on any atom is -0.309 e. The average Bonchev–Trinajstić information content (AvgIpc) is 2.98. The van der Waals surface area contributed by atoms with E-state index in [1.165, 1.54) is 6.07 Å². The third kappa shape index (κ3) is 3.57.